The molecule has 0 aromatic heterocycles. The van der Waals surface area contributed by atoms with Crippen LogP contribution in [-0.4, -0.2) is 42.7 Å². The molecule has 1 atom stereocenters. The van der Waals surface area contributed by atoms with Crippen molar-refractivity contribution in [3.63, 3.8) is 0 Å². The number of amides is 2. The van der Waals surface area contributed by atoms with E-state index in [1.54, 1.807) is 20.8 Å². The van der Waals surface area contributed by atoms with Crippen LogP contribution in [0.5, 0.6) is 11.5 Å². The Morgan fingerprint density at radius 1 is 1.21 bits per heavy atom. The van der Waals surface area contributed by atoms with Crippen molar-refractivity contribution in [2.75, 3.05) is 14.2 Å². The summed E-state index contributed by atoms with van der Waals surface area (Å²) in [5, 5.41) is 11.8. The number of hydroxylamine groups is 2. The highest BCUT2D eigenvalue weighted by atomic mass is 16.8. The predicted molar refractivity (Wildman–Crippen MR) is 99.2 cm³/mol. The molecule has 11 nitrogen and oxygen atoms in total. The first-order chi connectivity index (χ1) is 13.7. The summed E-state index contributed by atoms with van der Waals surface area (Å²) in [7, 11) is 2.69. The van der Waals surface area contributed by atoms with Gasteiger partial charge >= 0.3 is 6.16 Å². The van der Waals surface area contributed by atoms with Gasteiger partial charge in [-0.1, -0.05) is 20.8 Å². The number of ether oxygens (including phenoxy) is 3. The van der Waals surface area contributed by atoms with Crippen LogP contribution in [0.4, 0.5) is 10.5 Å². The Balaban J connectivity index is 3.23. The maximum absolute atomic E-state index is 12.1. The number of rotatable bonds is 9. The summed E-state index contributed by atoms with van der Waals surface area (Å²) in [5.41, 5.74) is -0.319. The molecular weight excluding hydrogens is 388 g/mol. The number of carbonyl (C=O) groups excluding carboxylic acids is 3. The Labute approximate surface area is 167 Å². The van der Waals surface area contributed by atoms with Crippen molar-refractivity contribution in [3.05, 3.63) is 27.8 Å². The van der Waals surface area contributed by atoms with Crippen LogP contribution in [-0.2, 0) is 19.2 Å². The molecule has 29 heavy (non-hydrogen) atoms. The highest BCUT2D eigenvalue weighted by Gasteiger charge is 2.32. The van der Waals surface area contributed by atoms with Crippen molar-refractivity contribution in [2.24, 2.45) is 5.92 Å². The van der Waals surface area contributed by atoms with Crippen molar-refractivity contribution in [3.8, 4) is 11.5 Å². The molecule has 0 heterocycles. The van der Waals surface area contributed by atoms with E-state index in [1.165, 1.54) is 20.3 Å². The van der Waals surface area contributed by atoms with E-state index in [4.69, 9.17) is 14.2 Å². The summed E-state index contributed by atoms with van der Waals surface area (Å²) in [6.07, 6.45) is -2.01. The van der Waals surface area contributed by atoms with Crippen LogP contribution in [0, 0.1) is 16.0 Å². The van der Waals surface area contributed by atoms with Gasteiger partial charge in [0, 0.05) is 6.42 Å². The first kappa shape index (κ1) is 23.7. The highest BCUT2D eigenvalue weighted by molar-refractivity contribution is 5.85. The number of hydrogen-bond donors (Lipinski definition) is 0. The molecule has 0 aliphatic carbocycles. The summed E-state index contributed by atoms with van der Waals surface area (Å²) >= 11 is 0. The van der Waals surface area contributed by atoms with Crippen LogP contribution in [0.2, 0.25) is 0 Å². The highest BCUT2D eigenvalue weighted by Crippen LogP contribution is 2.40. The molecule has 0 fully saturated rings. The van der Waals surface area contributed by atoms with Crippen LogP contribution in [0.3, 0.4) is 0 Å². The van der Waals surface area contributed by atoms with Crippen LogP contribution < -0.4 is 9.47 Å². The van der Waals surface area contributed by atoms with Gasteiger partial charge in [0.05, 0.1) is 30.8 Å². The molecule has 0 spiro atoms. The van der Waals surface area contributed by atoms with Crippen LogP contribution in [0.15, 0.2) is 12.1 Å². The minimum atomic E-state index is -1.36. The van der Waals surface area contributed by atoms with Gasteiger partial charge in [0.25, 0.3) is 18.0 Å². The molecule has 0 saturated carbocycles. The van der Waals surface area contributed by atoms with Gasteiger partial charge in [-0.15, -0.1) is 5.06 Å². The molecule has 1 unspecified atom stereocenters. The summed E-state index contributed by atoms with van der Waals surface area (Å²) in [4.78, 5) is 50.4. The maximum atomic E-state index is 12.1. The molecule has 0 radical (unpaired) electrons. The lowest BCUT2D eigenvalue weighted by Gasteiger charge is -2.23. The Morgan fingerprint density at radius 3 is 2.24 bits per heavy atom. The number of carbonyl (C=O) groups is 3. The standard InChI is InChI=1S/C18H24N2O9/c1-6-7-16(22)19(10-21)29-18(23)28-17(11(2)3)12-8-14(26-4)15(27-5)9-13(12)20(24)25/h8-11,17H,6-7H2,1-5H3. The van der Waals surface area contributed by atoms with Crippen molar-refractivity contribution in [2.45, 2.75) is 39.7 Å². The van der Waals surface area contributed by atoms with Crippen molar-refractivity contribution < 1.29 is 38.4 Å². The summed E-state index contributed by atoms with van der Waals surface area (Å²) in [6, 6.07) is 2.48. The Hall–Kier alpha value is -3.37. The monoisotopic (exact) mass is 412 g/mol. The third-order valence-electron chi connectivity index (χ3n) is 3.84. The number of nitro groups is 1. The zero-order chi connectivity index (χ0) is 22.1. The molecule has 0 saturated heterocycles. The first-order valence-electron chi connectivity index (χ1n) is 8.76. The fourth-order valence-corrected chi connectivity index (χ4v) is 2.49. The van der Waals surface area contributed by atoms with Gasteiger partial charge in [-0.05, 0) is 18.4 Å². The van der Waals surface area contributed by atoms with Gasteiger partial charge in [0.1, 0.15) is 6.10 Å². The largest absolute Gasteiger partial charge is 0.534 e. The normalized spacial score (nSPS) is 11.4. The molecule has 160 valence electrons. The molecule has 2 amide bonds. The van der Waals surface area contributed by atoms with E-state index in [0.29, 0.717) is 6.42 Å². The molecule has 0 aliphatic heterocycles. The average Bonchev–Trinajstić information content (AvgIpc) is 2.68. The van der Waals surface area contributed by atoms with E-state index >= 15 is 0 Å². The summed E-state index contributed by atoms with van der Waals surface area (Å²) < 4.78 is 15.5. The Kier molecular flexibility index (Phi) is 8.84. The molecule has 1 aromatic rings. The lowest BCUT2D eigenvalue weighted by atomic mass is 9.96. The lowest BCUT2D eigenvalue weighted by molar-refractivity contribution is -0.386. The predicted octanol–water partition coefficient (Wildman–Crippen LogP) is 3.16. The van der Waals surface area contributed by atoms with Crippen LogP contribution in [0.1, 0.15) is 45.3 Å². The number of nitrogens with zero attached hydrogens (tertiary/aromatic N) is 2. The fraction of sp³-hybridized carbons (Fsp3) is 0.500. The quantitative estimate of drug-likeness (QED) is 0.259. The Morgan fingerprint density at radius 2 is 1.79 bits per heavy atom. The average molecular weight is 412 g/mol. The number of methoxy groups -OCH3 is 2. The minimum absolute atomic E-state index is 0.0131. The molecule has 0 N–H and O–H groups in total. The van der Waals surface area contributed by atoms with Gasteiger partial charge < -0.3 is 14.2 Å². The molecule has 11 heteroatoms. The number of hydrogen-bond acceptors (Lipinski definition) is 9. The van der Waals surface area contributed by atoms with Gasteiger partial charge in [-0.25, -0.2) is 4.79 Å². The van der Waals surface area contributed by atoms with Gasteiger partial charge in [0.2, 0.25) is 0 Å². The molecule has 0 aliphatic rings. The van der Waals surface area contributed by atoms with Crippen LogP contribution in [0.25, 0.3) is 0 Å². The van der Waals surface area contributed by atoms with Crippen molar-refractivity contribution >= 4 is 24.2 Å². The SMILES string of the molecule is CCCC(=O)N(C=O)OC(=O)OC(c1cc(OC)c(OC)cc1[N+](=O)[O-])C(C)C. The third-order valence-corrected chi connectivity index (χ3v) is 3.84. The van der Waals surface area contributed by atoms with Gasteiger partial charge in [-0.2, -0.15) is 0 Å². The Bertz CT molecular complexity index is 764. The van der Waals surface area contributed by atoms with Crippen molar-refractivity contribution in [1.29, 1.82) is 0 Å². The number of imide groups is 1. The van der Waals surface area contributed by atoms with Crippen LogP contribution >= 0.6 is 0 Å². The van der Waals surface area contributed by atoms with E-state index in [1.807, 2.05) is 0 Å². The topological polar surface area (TPSA) is 135 Å². The minimum Gasteiger partial charge on any atom is -0.493 e. The van der Waals surface area contributed by atoms with Gasteiger partial charge in [-0.3, -0.25) is 24.5 Å². The van der Waals surface area contributed by atoms with E-state index in [0.717, 1.165) is 6.07 Å². The second-order valence-electron chi connectivity index (χ2n) is 6.22. The van der Waals surface area contributed by atoms with Gasteiger partial charge in [0.15, 0.2) is 11.5 Å². The fourth-order valence-electron chi connectivity index (χ4n) is 2.49. The van der Waals surface area contributed by atoms with E-state index < -0.39 is 29.0 Å². The zero-order valence-corrected chi connectivity index (χ0v) is 16.9. The second kappa shape index (κ2) is 10.8. The third kappa shape index (κ3) is 6.06. The number of benzene rings is 1. The van der Waals surface area contributed by atoms with E-state index in [-0.39, 0.29) is 40.6 Å². The molecule has 1 aromatic carbocycles. The maximum Gasteiger partial charge on any atom is 0.534 e. The zero-order valence-electron chi connectivity index (χ0n) is 16.9. The first-order valence-corrected chi connectivity index (χ1v) is 8.76. The lowest BCUT2D eigenvalue weighted by Crippen LogP contribution is -2.33. The van der Waals surface area contributed by atoms with Crippen molar-refractivity contribution in [1.82, 2.24) is 5.06 Å². The van der Waals surface area contributed by atoms with E-state index in [2.05, 4.69) is 4.84 Å². The summed E-state index contributed by atoms with van der Waals surface area (Å²) in [6.45, 7) is 5.04. The molecule has 0 bridgehead atoms. The smallest absolute Gasteiger partial charge is 0.493 e. The second-order valence-corrected chi connectivity index (χ2v) is 6.22. The molecule has 1 rings (SSSR count). The number of nitro benzene ring substituents is 1. The molecular formula is C18H24N2O9. The summed E-state index contributed by atoms with van der Waals surface area (Å²) in [5.74, 6) is -0.818. The van der Waals surface area contributed by atoms with E-state index in [9.17, 15) is 24.5 Å².